The number of hydrogen-bond donors (Lipinski definition) is 0. The molecule has 0 fully saturated rings. The topological polar surface area (TPSA) is 92.3 Å². The highest BCUT2D eigenvalue weighted by Gasteiger charge is 2.14. The molecule has 0 radical (unpaired) electrons. The van der Waals surface area contributed by atoms with Crippen molar-refractivity contribution in [2.45, 2.75) is 20.0 Å². The van der Waals surface area contributed by atoms with Gasteiger partial charge in [0.2, 0.25) is 0 Å². The van der Waals surface area contributed by atoms with Crippen molar-refractivity contribution in [3.05, 3.63) is 83.5 Å². The van der Waals surface area contributed by atoms with Gasteiger partial charge in [-0.3, -0.25) is 9.67 Å². The van der Waals surface area contributed by atoms with Gasteiger partial charge in [-0.1, -0.05) is 0 Å². The minimum atomic E-state index is -0.439. The average molecular weight is 418 g/mol. The predicted octanol–water partition coefficient (Wildman–Crippen LogP) is 3.73. The fourth-order valence-corrected chi connectivity index (χ4v) is 3.24. The lowest BCUT2D eigenvalue weighted by molar-refractivity contribution is 0.0597. The van der Waals surface area contributed by atoms with Gasteiger partial charge in [0.1, 0.15) is 23.8 Å². The Labute approximate surface area is 179 Å². The second-order valence-corrected chi connectivity index (χ2v) is 7.01. The normalized spacial score (nSPS) is 10.8. The second kappa shape index (κ2) is 8.83. The quantitative estimate of drug-likeness (QED) is 0.422. The molecule has 1 aromatic carbocycles. The first-order valence-corrected chi connectivity index (χ1v) is 9.72. The molecular weight excluding hydrogens is 396 g/mol. The SMILES string of the molecule is COC(=O)c1cccnc1COc1ccc(-c2nc(Cc3cnn(C)c3)oc2C)cc1. The van der Waals surface area contributed by atoms with Crippen molar-refractivity contribution in [1.29, 1.82) is 0 Å². The van der Waals surface area contributed by atoms with Crippen molar-refractivity contribution in [3.8, 4) is 17.0 Å². The number of oxazole rings is 1. The van der Waals surface area contributed by atoms with E-state index in [1.807, 2.05) is 44.4 Å². The van der Waals surface area contributed by atoms with E-state index in [0.717, 1.165) is 22.6 Å². The molecule has 0 atom stereocenters. The number of pyridine rings is 1. The lowest BCUT2D eigenvalue weighted by atomic mass is 10.1. The smallest absolute Gasteiger partial charge is 0.339 e. The molecule has 0 N–H and O–H groups in total. The Bertz CT molecular complexity index is 1190. The van der Waals surface area contributed by atoms with Gasteiger partial charge in [-0.25, -0.2) is 9.78 Å². The van der Waals surface area contributed by atoms with Crippen LogP contribution in [0.4, 0.5) is 0 Å². The Balaban J connectivity index is 1.45. The van der Waals surface area contributed by atoms with Gasteiger partial charge in [0, 0.05) is 25.0 Å². The minimum absolute atomic E-state index is 0.156. The zero-order chi connectivity index (χ0) is 21.8. The fraction of sp³-hybridized carbons (Fsp3) is 0.217. The van der Waals surface area contributed by atoms with Crippen LogP contribution in [0.3, 0.4) is 0 Å². The van der Waals surface area contributed by atoms with E-state index in [0.29, 0.717) is 29.3 Å². The van der Waals surface area contributed by atoms with Crippen LogP contribution in [0.2, 0.25) is 0 Å². The number of carbonyl (C=O) groups is 1. The lowest BCUT2D eigenvalue weighted by Gasteiger charge is -2.09. The molecule has 0 spiro atoms. The Hall–Kier alpha value is -3.94. The van der Waals surface area contributed by atoms with Crippen LogP contribution in [0.25, 0.3) is 11.3 Å². The van der Waals surface area contributed by atoms with Gasteiger partial charge in [-0.15, -0.1) is 0 Å². The molecular formula is C23H22N4O4. The van der Waals surface area contributed by atoms with Crippen LogP contribution in [0, 0.1) is 6.92 Å². The van der Waals surface area contributed by atoms with Gasteiger partial charge in [-0.2, -0.15) is 5.10 Å². The maximum Gasteiger partial charge on any atom is 0.339 e. The molecule has 0 saturated heterocycles. The van der Waals surface area contributed by atoms with Gasteiger partial charge < -0.3 is 13.9 Å². The highest BCUT2D eigenvalue weighted by atomic mass is 16.5. The number of carbonyl (C=O) groups excluding carboxylic acids is 1. The van der Waals surface area contributed by atoms with Crippen LogP contribution in [0.15, 0.2) is 59.4 Å². The Morgan fingerprint density at radius 3 is 2.71 bits per heavy atom. The summed E-state index contributed by atoms with van der Waals surface area (Å²) in [6, 6.07) is 10.9. The molecule has 8 nitrogen and oxygen atoms in total. The second-order valence-electron chi connectivity index (χ2n) is 7.01. The van der Waals surface area contributed by atoms with E-state index in [2.05, 4.69) is 15.1 Å². The Morgan fingerprint density at radius 2 is 2.00 bits per heavy atom. The summed E-state index contributed by atoms with van der Waals surface area (Å²) in [7, 11) is 3.22. The molecule has 4 aromatic rings. The molecule has 0 saturated carbocycles. The zero-order valence-corrected chi connectivity index (χ0v) is 17.5. The van der Waals surface area contributed by atoms with E-state index < -0.39 is 5.97 Å². The van der Waals surface area contributed by atoms with E-state index in [1.54, 1.807) is 29.2 Å². The number of hydrogen-bond acceptors (Lipinski definition) is 7. The number of benzene rings is 1. The molecule has 0 aliphatic rings. The molecule has 0 unspecified atom stereocenters. The maximum atomic E-state index is 11.9. The van der Waals surface area contributed by atoms with Crippen LogP contribution in [0.1, 0.15) is 33.3 Å². The summed E-state index contributed by atoms with van der Waals surface area (Å²) in [6.07, 6.45) is 5.95. The number of aryl methyl sites for hydroxylation is 2. The predicted molar refractivity (Wildman–Crippen MR) is 113 cm³/mol. The van der Waals surface area contributed by atoms with Gasteiger partial charge in [0.25, 0.3) is 0 Å². The summed E-state index contributed by atoms with van der Waals surface area (Å²) in [6.45, 7) is 2.05. The van der Waals surface area contributed by atoms with Crippen molar-refractivity contribution in [3.63, 3.8) is 0 Å². The molecule has 0 amide bonds. The van der Waals surface area contributed by atoms with E-state index >= 15 is 0 Å². The summed E-state index contributed by atoms with van der Waals surface area (Å²) in [5.74, 6) is 1.61. The highest BCUT2D eigenvalue weighted by Crippen LogP contribution is 2.26. The summed E-state index contributed by atoms with van der Waals surface area (Å²) < 4.78 is 18.2. The van der Waals surface area contributed by atoms with E-state index in [4.69, 9.17) is 13.9 Å². The Kier molecular flexibility index (Phi) is 5.79. The van der Waals surface area contributed by atoms with Gasteiger partial charge >= 0.3 is 5.97 Å². The Morgan fingerprint density at radius 1 is 1.19 bits per heavy atom. The van der Waals surface area contributed by atoms with Crippen LogP contribution in [0.5, 0.6) is 5.75 Å². The molecule has 0 aliphatic heterocycles. The van der Waals surface area contributed by atoms with E-state index in [1.165, 1.54) is 7.11 Å². The van der Waals surface area contributed by atoms with Crippen LogP contribution in [-0.4, -0.2) is 32.8 Å². The third-order valence-electron chi connectivity index (χ3n) is 4.75. The van der Waals surface area contributed by atoms with Gasteiger partial charge in [0.05, 0.1) is 31.0 Å². The van der Waals surface area contributed by atoms with Gasteiger partial charge in [-0.05, 0) is 48.9 Å². The first kappa shape index (κ1) is 20.3. The van der Waals surface area contributed by atoms with E-state index in [-0.39, 0.29) is 6.61 Å². The van der Waals surface area contributed by atoms with Crippen LogP contribution < -0.4 is 4.74 Å². The van der Waals surface area contributed by atoms with Crippen LogP contribution in [-0.2, 0) is 24.8 Å². The number of aromatic nitrogens is 4. The van der Waals surface area contributed by atoms with Crippen molar-refractivity contribution in [1.82, 2.24) is 19.7 Å². The molecule has 3 heterocycles. The lowest BCUT2D eigenvalue weighted by Crippen LogP contribution is -2.09. The molecule has 158 valence electrons. The monoisotopic (exact) mass is 418 g/mol. The maximum absolute atomic E-state index is 11.9. The summed E-state index contributed by atoms with van der Waals surface area (Å²) in [5.41, 5.74) is 3.67. The van der Waals surface area contributed by atoms with Gasteiger partial charge in [0.15, 0.2) is 5.89 Å². The van der Waals surface area contributed by atoms with Crippen molar-refractivity contribution in [2.75, 3.05) is 7.11 Å². The first-order chi connectivity index (χ1) is 15.0. The number of ether oxygens (including phenoxy) is 2. The summed E-state index contributed by atoms with van der Waals surface area (Å²) >= 11 is 0. The zero-order valence-electron chi connectivity index (χ0n) is 17.5. The highest BCUT2D eigenvalue weighted by molar-refractivity contribution is 5.90. The summed E-state index contributed by atoms with van der Waals surface area (Å²) in [4.78, 5) is 20.7. The summed E-state index contributed by atoms with van der Waals surface area (Å²) in [5, 5.41) is 4.17. The molecule has 8 heteroatoms. The number of rotatable bonds is 7. The number of nitrogens with zero attached hydrogens (tertiary/aromatic N) is 4. The molecule has 3 aromatic heterocycles. The third-order valence-corrected chi connectivity index (χ3v) is 4.75. The van der Waals surface area contributed by atoms with E-state index in [9.17, 15) is 4.79 Å². The molecule has 4 rings (SSSR count). The minimum Gasteiger partial charge on any atom is -0.487 e. The van der Waals surface area contributed by atoms with Crippen molar-refractivity contribution < 1.29 is 18.7 Å². The van der Waals surface area contributed by atoms with Crippen molar-refractivity contribution >= 4 is 5.97 Å². The molecule has 31 heavy (non-hydrogen) atoms. The first-order valence-electron chi connectivity index (χ1n) is 9.72. The largest absolute Gasteiger partial charge is 0.487 e. The van der Waals surface area contributed by atoms with Crippen molar-refractivity contribution in [2.24, 2.45) is 7.05 Å². The molecule has 0 bridgehead atoms. The number of esters is 1. The standard InChI is InChI=1S/C23H22N4O4/c1-15-22(26-21(31-15)11-16-12-25-27(2)13-16)17-6-8-18(9-7-17)30-14-20-19(23(28)29-3)5-4-10-24-20/h4-10,12-13H,11,14H2,1-3H3. The third kappa shape index (κ3) is 4.63. The fourth-order valence-electron chi connectivity index (χ4n) is 3.24. The molecule has 0 aliphatic carbocycles. The number of methoxy groups -OCH3 is 1. The van der Waals surface area contributed by atoms with Crippen LogP contribution >= 0.6 is 0 Å². The average Bonchev–Trinajstić information content (AvgIpc) is 3.37.